The Morgan fingerprint density at radius 3 is 2.64 bits per heavy atom. The molecular weight excluding hydrogens is 334 g/mol. The highest BCUT2D eigenvalue weighted by atomic mass is 35.5. The molecule has 22 heavy (non-hydrogen) atoms. The van der Waals surface area contributed by atoms with Crippen molar-refractivity contribution in [2.45, 2.75) is 24.7 Å². The van der Waals surface area contributed by atoms with Crippen molar-refractivity contribution in [3.05, 3.63) is 48.0 Å². The maximum absolute atomic E-state index is 5.98. The Bertz CT molecular complexity index is 647. The quantitative estimate of drug-likeness (QED) is 0.281. The van der Waals surface area contributed by atoms with Crippen molar-refractivity contribution in [2.75, 3.05) is 11.9 Å². The summed E-state index contributed by atoms with van der Waals surface area (Å²) in [5, 5.41) is 3.38. The first-order chi connectivity index (χ1) is 10.6. The molecular formula is C17H18ClNOS2. The van der Waals surface area contributed by atoms with Gasteiger partial charge in [-0.15, -0.1) is 12.6 Å². The number of para-hydroxylation sites is 1. The fraction of sp³-hybridized carbons (Fsp3) is 0.235. The largest absolute Gasteiger partial charge is 0.454 e. The Labute approximate surface area is 147 Å². The summed E-state index contributed by atoms with van der Waals surface area (Å²) in [4.78, 5) is 0.698. The highest BCUT2D eigenvalue weighted by Gasteiger charge is 2.13. The van der Waals surface area contributed by atoms with Crippen LogP contribution in [0.2, 0.25) is 0 Å². The Morgan fingerprint density at radius 1 is 1.27 bits per heavy atom. The van der Waals surface area contributed by atoms with Crippen molar-refractivity contribution >= 4 is 46.5 Å². The average molecular weight is 352 g/mol. The first-order valence-corrected chi connectivity index (χ1v) is 8.38. The van der Waals surface area contributed by atoms with E-state index in [0.29, 0.717) is 15.0 Å². The summed E-state index contributed by atoms with van der Waals surface area (Å²) in [6, 6.07) is 13.3. The van der Waals surface area contributed by atoms with Gasteiger partial charge in [-0.1, -0.05) is 55.4 Å². The Morgan fingerprint density at radius 2 is 2.00 bits per heavy atom. The molecule has 0 aliphatic carbocycles. The monoisotopic (exact) mass is 351 g/mol. The summed E-state index contributed by atoms with van der Waals surface area (Å²) in [5.41, 5.74) is 1.61. The van der Waals surface area contributed by atoms with Gasteiger partial charge in [-0.2, -0.15) is 0 Å². The molecule has 0 amide bonds. The summed E-state index contributed by atoms with van der Waals surface area (Å²) in [5.74, 6) is 1.44. The number of rotatable bonds is 7. The molecule has 0 spiro atoms. The third kappa shape index (κ3) is 4.63. The number of halogens is 1. The number of ether oxygens (including phenoxy) is 1. The highest BCUT2D eigenvalue weighted by molar-refractivity contribution is 7.83. The van der Waals surface area contributed by atoms with Crippen LogP contribution in [0.15, 0.2) is 47.4 Å². The van der Waals surface area contributed by atoms with E-state index >= 15 is 0 Å². The molecule has 5 heteroatoms. The minimum Gasteiger partial charge on any atom is -0.454 e. The first kappa shape index (κ1) is 17.1. The van der Waals surface area contributed by atoms with Crippen LogP contribution < -0.4 is 10.1 Å². The third-order valence-corrected chi connectivity index (χ3v) is 3.89. The SMILES string of the molecule is CCCCNc1cc(C(=S)Cl)cc(S)c1Oc1ccccc1. The maximum Gasteiger partial charge on any atom is 0.163 e. The lowest BCUT2D eigenvalue weighted by Gasteiger charge is -2.16. The fourth-order valence-electron chi connectivity index (χ4n) is 1.97. The standard InChI is InChI=1S/C17H18ClNOS2/c1-2-3-9-19-14-10-12(17(18)22)11-15(21)16(14)20-13-7-5-4-6-8-13/h4-8,10-11,19,21H,2-3,9H2,1H3. The maximum atomic E-state index is 5.98. The van der Waals surface area contributed by atoms with Crippen molar-refractivity contribution in [3.63, 3.8) is 0 Å². The van der Waals surface area contributed by atoms with Gasteiger partial charge in [0.05, 0.1) is 5.69 Å². The van der Waals surface area contributed by atoms with E-state index < -0.39 is 0 Å². The van der Waals surface area contributed by atoms with Gasteiger partial charge in [-0.25, -0.2) is 0 Å². The molecule has 0 aliphatic rings. The molecule has 0 radical (unpaired) electrons. The van der Waals surface area contributed by atoms with Crippen molar-refractivity contribution in [1.29, 1.82) is 0 Å². The van der Waals surface area contributed by atoms with E-state index in [-0.39, 0.29) is 0 Å². The predicted octanol–water partition coefficient (Wildman–Crippen LogP) is 5.89. The van der Waals surface area contributed by atoms with Crippen LogP contribution in [0.5, 0.6) is 11.5 Å². The van der Waals surface area contributed by atoms with Crippen LogP contribution in [0.4, 0.5) is 5.69 Å². The third-order valence-electron chi connectivity index (χ3n) is 3.11. The Hall–Kier alpha value is -1.23. The average Bonchev–Trinajstić information content (AvgIpc) is 2.51. The minimum absolute atomic E-state index is 0.320. The number of anilines is 1. The zero-order valence-electron chi connectivity index (χ0n) is 12.3. The van der Waals surface area contributed by atoms with Gasteiger partial charge < -0.3 is 10.1 Å². The van der Waals surface area contributed by atoms with E-state index in [4.69, 9.17) is 28.6 Å². The van der Waals surface area contributed by atoms with Gasteiger partial charge in [0.2, 0.25) is 0 Å². The lowest BCUT2D eigenvalue weighted by molar-refractivity contribution is 0.473. The summed E-state index contributed by atoms with van der Waals surface area (Å²) in [6.45, 7) is 3.00. The van der Waals surface area contributed by atoms with E-state index in [1.54, 1.807) is 0 Å². The molecule has 0 unspecified atom stereocenters. The van der Waals surface area contributed by atoms with Crippen molar-refractivity contribution in [3.8, 4) is 11.5 Å². The number of thiol groups is 1. The minimum atomic E-state index is 0.320. The molecule has 0 saturated heterocycles. The molecule has 0 fully saturated rings. The molecule has 116 valence electrons. The molecule has 0 heterocycles. The zero-order chi connectivity index (χ0) is 15.9. The van der Waals surface area contributed by atoms with E-state index in [1.807, 2.05) is 42.5 Å². The molecule has 2 aromatic carbocycles. The molecule has 0 atom stereocenters. The smallest absolute Gasteiger partial charge is 0.163 e. The van der Waals surface area contributed by atoms with Crippen LogP contribution in [0.3, 0.4) is 0 Å². The van der Waals surface area contributed by atoms with Crippen LogP contribution in [0.1, 0.15) is 25.3 Å². The van der Waals surface area contributed by atoms with E-state index in [1.165, 1.54) is 0 Å². The Balaban J connectivity index is 2.34. The van der Waals surface area contributed by atoms with Gasteiger partial charge in [0.15, 0.2) is 5.75 Å². The second-order valence-electron chi connectivity index (χ2n) is 4.84. The molecule has 0 aliphatic heterocycles. The molecule has 0 bridgehead atoms. The van der Waals surface area contributed by atoms with Crippen LogP contribution in [-0.4, -0.2) is 10.9 Å². The summed E-state index contributed by atoms with van der Waals surface area (Å²) in [7, 11) is 0. The van der Waals surface area contributed by atoms with Crippen LogP contribution in [-0.2, 0) is 0 Å². The topological polar surface area (TPSA) is 21.3 Å². The van der Waals surface area contributed by atoms with Crippen molar-refractivity contribution in [2.24, 2.45) is 0 Å². The molecule has 2 rings (SSSR count). The zero-order valence-corrected chi connectivity index (χ0v) is 14.8. The van der Waals surface area contributed by atoms with Gasteiger partial charge in [0, 0.05) is 17.0 Å². The Kier molecular flexibility index (Phi) is 6.55. The van der Waals surface area contributed by atoms with Crippen molar-refractivity contribution in [1.82, 2.24) is 0 Å². The van der Waals surface area contributed by atoms with Crippen LogP contribution in [0, 0.1) is 0 Å². The first-order valence-electron chi connectivity index (χ1n) is 7.15. The van der Waals surface area contributed by atoms with Gasteiger partial charge in [0.25, 0.3) is 0 Å². The number of hydrogen-bond donors (Lipinski definition) is 2. The van der Waals surface area contributed by atoms with Crippen LogP contribution >= 0.6 is 36.4 Å². The second kappa shape index (κ2) is 8.42. The summed E-state index contributed by atoms with van der Waals surface area (Å²) >= 11 is 15.5. The number of benzene rings is 2. The molecule has 0 aromatic heterocycles. The van der Waals surface area contributed by atoms with Gasteiger partial charge in [-0.3, -0.25) is 0 Å². The molecule has 2 aromatic rings. The van der Waals surface area contributed by atoms with Crippen LogP contribution in [0.25, 0.3) is 0 Å². The lowest BCUT2D eigenvalue weighted by atomic mass is 10.2. The van der Waals surface area contributed by atoms with Gasteiger partial charge in [-0.05, 0) is 30.7 Å². The predicted molar refractivity (Wildman–Crippen MR) is 101 cm³/mol. The number of nitrogens with one attached hydrogen (secondary N) is 1. The summed E-state index contributed by atoms with van der Waals surface area (Å²) < 4.78 is 6.30. The van der Waals surface area contributed by atoms with Crippen molar-refractivity contribution < 1.29 is 4.74 Å². The highest BCUT2D eigenvalue weighted by Crippen LogP contribution is 2.37. The molecule has 2 nitrogen and oxygen atoms in total. The summed E-state index contributed by atoms with van der Waals surface area (Å²) in [6.07, 6.45) is 2.19. The lowest BCUT2D eigenvalue weighted by Crippen LogP contribution is -2.04. The second-order valence-corrected chi connectivity index (χ2v) is 6.33. The number of unbranched alkanes of at least 4 members (excludes halogenated alkanes) is 1. The van der Waals surface area contributed by atoms with Gasteiger partial charge >= 0.3 is 0 Å². The van der Waals surface area contributed by atoms with E-state index in [9.17, 15) is 0 Å². The van der Waals surface area contributed by atoms with E-state index in [2.05, 4.69) is 24.9 Å². The normalized spacial score (nSPS) is 10.3. The number of hydrogen-bond acceptors (Lipinski definition) is 4. The number of thiocarbonyl (C=S) groups is 1. The van der Waals surface area contributed by atoms with E-state index in [0.717, 1.165) is 36.4 Å². The van der Waals surface area contributed by atoms with Gasteiger partial charge in [0.1, 0.15) is 10.1 Å². The fourth-order valence-corrected chi connectivity index (χ4v) is 2.50. The molecule has 1 N–H and O–H groups in total. The molecule has 0 saturated carbocycles.